The number of likely N-dealkylation sites (N-methyl/N-ethyl adjacent to an activating group) is 1. The summed E-state index contributed by atoms with van der Waals surface area (Å²) >= 11 is 0. The van der Waals surface area contributed by atoms with E-state index in [4.69, 9.17) is 4.74 Å². The van der Waals surface area contributed by atoms with E-state index < -0.39 is 0 Å². The summed E-state index contributed by atoms with van der Waals surface area (Å²) < 4.78 is 5.28. The fourth-order valence-corrected chi connectivity index (χ4v) is 1.07. The number of hydrogen-bond acceptors (Lipinski definition) is 3. The summed E-state index contributed by atoms with van der Waals surface area (Å²) in [5.74, 6) is 0. The third kappa shape index (κ3) is 2.64. The number of nitrogens with one attached hydrogen (secondary N) is 2. The largest absolute Gasteiger partial charge is 0.378 e. The van der Waals surface area contributed by atoms with E-state index in [1.807, 2.05) is 0 Å². The molecule has 1 aliphatic rings. The Morgan fingerprint density at radius 2 is 2.60 bits per heavy atom. The molecule has 3 nitrogen and oxygen atoms in total. The molecule has 1 atom stereocenters. The highest BCUT2D eigenvalue weighted by atomic mass is 16.5. The lowest BCUT2D eigenvalue weighted by Gasteiger charge is -2.23. The Morgan fingerprint density at radius 3 is 3.20 bits per heavy atom. The number of morpholine rings is 1. The summed E-state index contributed by atoms with van der Waals surface area (Å²) in [6.45, 7) is 6.89. The Morgan fingerprint density at radius 1 is 1.70 bits per heavy atom. The summed E-state index contributed by atoms with van der Waals surface area (Å²) in [6, 6.07) is 0.522. The van der Waals surface area contributed by atoms with Crippen molar-refractivity contribution in [1.82, 2.24) is 10.6 Å². The monoisotopic (exact) mass is 144 g/mol. The van der Waals surface area contributed by atoms with Gasteiger partial charge in [0, 0.05) is 19.1 Å². The molecule has 0 unspecified atom stereocenters. The molecule has 10 heavy (non-hydrogen) atoms. The topological polar surface area (TPSA) is 33.3 Å². The van der Waals surface area contributed by atoms with Crippen LogP contribution in [0, 0.1) is 0 Å². The van der Waals surface area contributed by atoms with Crippen molar-refractivity contribution in [2.24, 2.45) is 0 Å². The van der Waals surface area contributed by atoms with E-state index >= 15 is 0 Å². The van der Waals surface area contributed by atoms with Crippen molar-refractivity contribution in [1.29, 1.82) is 0 Å². The van der Waals surface area contributed by atoms with Crippen LogP contribution in [-0.4, -0.2) is 38.9 Å². The van der Waals surface area contributed by atoms with Gasteiger partial charge in [0.05, 0.1) is 13.2 Å². The summed E-state index contributed by atoms with van der Waals surface area (Å²) in [6.07, 6.45) is 0. The third-order valence-corrected chi connectivity index (χ3v) is 1.64. The molecule has 0 aliphatic carbocycles. The molecule has 0 radical (unpaired) electrons. The Kier molecular flexibility index (Phi) is 3.72. The van der Waals surface area contributed by atoms with Crippen LogP contribution in [0.5, 0.6) is 0 Å². The molecule has 3 heteroatoms. The standard InChI is InChI=1S/C7H16N2O/c1-2-8-5-7-6-10-4-3-9-7/h7-9H,2-6H2,1H3/t7-/m1/s1. The zero-order chi connectivity index (χ0) is 7.23. The van der Waals surface area contributed by atoms with E-state index in [0.29, 0.717) is 6.04 Å². The van der Waals surface area contributed by atoms with E-state index in [9.17, 15) is 0 Å². The minimum atomic E-state index is 0.522. The van der Waals surface area contributed by atoms with Crippen LogP contribution in [0.4, 0.5) is 0 Å². The lowest BCUT2D eigenvalue weighted by molar-refractivity contribution is 0.0769. The summed E-state index contributed by atoms with van der Waals surface area (Å²) in [5, 5.41) is 6.64. The smallest absolute Gasteiger partial charge is 0.0632 e. The predicted octanol–water partition coefficient (Wildman–Crippen LogP) is -0.416. The van der Waals surface area contributed by atoms with Crippen LogP contribution >= 0.6 is 0 Å². The molecule has 0 amide bonds. The van der Waals surface area contributed by atoms with Crippen LogP contribution < -0.4 is 10.6 Å². The summed E-state index contributed by atoms with van der Waals surface area (Å²) in [5.41, 5.74) is 0. The van der Waals surface area contributed by atoms with Gasteiger partial charge in [0.1, 0.15) is 0 Å². The van der Waals surface area contributed by atoms with Crippen molar-refractivity contribution < 1.29 is 4.74 Å². The van der Waals surface area contributed by atoms with Crippen LogP contribution in [0.15, 0.2) is 0 Å². The highest BCUT2D eigenvalue weighted by molar-refractivity contribution is 4.71. The Hall–Kier alpha value is -0.120. The maximum absolute atomic E-state index is 5.28. The first kappa shape index (κ1) is 7.98. The summed E-state index contributed by atoms with van der Waals surface area (Å²) in [7, 11) is 0. The first-order chi connectivity index (χ1) is 4.93. The Balaban J connectivity index is 2.02. The van der Waals surface area contributed by atoms with Crippen molar-refractivity contribution in [3.8, 4) is 0 Å². The van der Waals surface area contributed by atoms with Gasteiger partial charge in [-0.05, 0) is 6.54 Å². The van der Waals surface area contributed by atoms with E-state index in [-0.39, 0.29) is 0 Å². The molecule has 0 aromatic rings. The zero-order valence-electron chi connectivity index (χ0n) is 6.52. The lowest BCUT2D eigenvalue weighted by atomic mass is 10.3. The molecule has 1 aliphatic heterocycles. The Labute approximate surface area is 62.1 Å². The third-order valence-electron chi connectivity index (χ3n) is 1.64. The lowest BCUT2D eigenvalue weighted by Crippen LogP contribution is -2.47. The first-order valence-electron chi connectivity index (χ1n) is 3.95. The van der Waals surface area contributed by atoms with Crippen LogP contribution in [0.25, 0.3) is 0 Å². The second kappa shape index (κ2) is 4.66. The van der Waals surface area contributed by atoms with Crippen LogP contribution in [0.1, 0.15) is 6.92 Å². The minimum absolute atomic E-state index is 0.522. The molecular formula is C7H16N2O. The van der Waals surface area contributed by atoms with Crippen molar-refractivity contribution in [3.05, 3.63) is 0 Å². The van der Waals surface area contributed by atoms with Crippen molar-refractivity contribution >= 4 is 0 Å². The van der Waals surface area contributed by atoms with E-state index in [1.165, 1.54) is 0 Å². The normalized spacial score (nSPS) is 26.7. The van der Waals surface area contributed by atoms with Crippen LogP contribution in [0.2, 0.25) is 0 Å². The number of ether oxygens (including phenoxy) is 1. The van der Waals surface area contributed by atoms with Gasteiger partial charge in [-0.1, -0.05) is 6.92 Å². The highest BCUT2D eigenvalue weighted by Crippen LogP contribution is 1.90. The van der Waals surface area contributed by atoms with Gasteiger partial charge in [0.25, 0.3) is 0 Å². The number of rotatable bonds is 3. The molecule has 0 aromatic carbocycles. The van der Waals surface area contributed by atoms with Gasteiger partial charge in [0.2, 0.25) is 0 Å². The van der Waals surface area contributed by atoms with Gasteiger partial charge < -0.3 is 15.4 Å². The average molecular weight is 144 g/mol. The number of hydrogen-bond donors (Lipinski definition) is 2. The van der Waals surface area contributed by atoms with E-state index in [2.05, 4.69) is 17.6 Å². The molecule has 1 heterocycles. The van der Waals surface area contributed by atoms with Crippen LogP contribution in [-0.2, 0) is 4.74 Å². The molecule has 0 bridgehead atoms. The fraction of sp³-hybridized carbons (Fsp3) is 1.00. The SMILES string of the molecule is CCNC[C@@H]1COCCN1. The zero-order valence-corrected chi connectivity index (χ0v) is 6.52. The van der Waals surface area contributed by atoms with Gasteiger partial charge in [-0.15, -0.1) is 0 Å². The molecule has 0 spiro atoms. The van der Waals surface area contributed by atoms with Gasteiger partial charge in [-0.25, -0.2) is 0 Å². The van der Waals surface area contributed by atoms with E-state index in [1.54, 1.807) is 0 Å². The minimum Gasteiger partial charge on any atom is -0.378 e. The second-order valence-electron chi connectivity index (χ2n) is 2.53. The molecule has 0 saturated carbocycles. The van der Waals surface area contributed by atoms with Gasteiger partial charge >= 0.3 is 0 Å². The van der Waals surface area contributed by atoms with Gasteiger partial charge in [-0.2, -0.15) is 0 Å². The highest BCUT2D eigenvalue weighted by Gasteiger charge is 2.10. The average Bonchev–Trinajstić information content (AvgIpc) is 2.03. The molecule has 1 fully saturated rings. The van der Waals surface area contributed by atoms with Crippen molar-refractivity contribution in [3.63, 3.8) is 0 Å². The van der Waals surface area contributed by atoms with Crippen molar-refractivity contribution in [2.75, 3.05) is 32.8 Å². The molecule has 2 N–H and O–H groups in total. The second-order valence-corrected chi connectivity index (χ2v) is 2.53. The molecule has 0 aromatic heterocycles. The maximum Gasteiger partial charge on any atom is 0.0632 e. The quantitative estimate of drug-likeness (QED) is 0.564. The summed E-state index contributed by atoms with van der Waals surface area (Å²) in [4.78, 5) is 0. The van der Waals surface area contributed by atoms with E-state index in [0.717, 1.165) is 32.8 Å². The van der Waals surface area contributed by atoms with Gasteiger partial charge in [-0.3, -0.25) is 0 Å². The predicted molar refractivity (Wildman–Crippen MR) is 41.2 cm³/mol. The first-order valence-corrected chi connectivity index (χ1v) is 3.95. The Bertz CT molecular complexity index is 81.7. The maximum atomic E-state index is 5.28. The molecule has 1 saturated heterocycles. The molecule has 60 valence electrons. The van der Waals surface area contributed by atoms with Crippen molar-refractivity contribution in [2.45, 2.75) is 13.0 Å². The van der Waals surface area contributed by atoms with Crippen LogP contribution in [0.3, 0.4) is 0 Å². The molecule has 1 rings (SSSR count). The van der Waals surface area contributed by atoms with Gasteiger partial charge in [0.15, 0.2) is 0 Å². The fourth-order valence-electron chi connectivity index (χ4n) is 1.07. The molecular weight excluding hydrogens is 128 g/mol.